The second kappa shape index (κ2) is 41.5. The molecule has 0 aliphatic heterocycles. The first-order valence-electron chi connectivity index (χ1n) is 25.3. The van der Waals surface area contributed by atoms with Crippen LogP contribution in [-0.2, 0) is 41.8 Å². The third kappa shape index (κ3) is 36.1. The van der Waals surface area contributed by atoms with Crippen molar-refractivity contribution >= 4 is 17.9 Å². The molecule has 7 nitrogen and oxygen atoms in total. The molecule has 0 amide bonds. The maximum atomic E-state index is 12.6. The number of ether oxygens (including phenoxy) is 3. The summed E-state index contributed by atoms with van der Waals surface area (Å²) in [5.74, 6) is -0.255. The summed E-state index contributed by atoms with van der Waals surface area (Å²) in [5, 5.41) is 0. The van der Waals surface area contributed by atoms with Crippen LogP contribution in [0.4, 0.5) is 0 Å². The minimum Gasteiger partial charge on any atom is -0.462 e. The van der Waals surface area contributed by atoms with E-state index in [0.29, 0.717) is 32.5 Å². The van der Waals surface area contributed by atoms with Gasteiger partial charge in [-0.1, -0.05) is 161 Å². The predicted molar refractivity (Wildman–Crippen MR) is 267 cm³/mol. The Hall–Kier alpha value is -4.23. The molecule has 0 aromatic heterocycles. The number of hydrogen-bond acceptors (Lipinski definition) is 7. The van der Waals surface area contributed by atoms with Gasteiger partial charge < -0.3 is 19.1 Å². The molecule has 0 spiro atoms. The number of hydrogen-bond donors (Lipinski definition) is 0. The van der Waals surface area contributed by atoms with Crippen LogP contribution in [0.5, 0.6) is 0 Å². The molecule has 2 aromatic rings. The van der Waals surface area contributed by atoms with Gasteiger partial charge in [-0.15, -0.1) is 0 Å². The third-order valence-corrected chi connectivity index (χ3v) is 11.3. The van der Waals surface area contributed by atoms with E-state index in [9.17, 15) is 14.4 Å². The number of benzene rings is 2. The van der Waals surface area contributed by atoms with Crippen molar-refractivity contribution in [2.24, 2.45) is 0 Å². The monoisotopic (exact) mass is 882 g/mol. The van der Waals surface area contributed by atoms with Gasteiger partial charge in [0.2, 0.25) is 0 Å². The van der Waals surface area contributed by atoms with Gasteiger partial charge in [0.1, 0.15) is 19.3 Å². The standard InChI is InChI=1S/C57H87NO6/c1-58(2)49-39-48-57(61)64-54(44-35-25-21-17-13-9-5-3-7-11-15-19-23-27-37-46-55(59)62-50-52-40-31-29-32-41-52)45-36-26-22-18-14-10-6-4-8-12-16-20-24-28-38-47-56(60)63-51-53-42-33-30-34-43-53/h3-4,7-8,15-16,19-20,29-34,40-43,54H,5-6,9-14,17-18,21-28,35-39,44-51H2,1-2H3. The van der Waals surface area contributed by atoms with E-state index >= 15 is 0 Å². The first-order chi connectivity index (χ1) is 31.4. The first kappa shape index (κ1) is 55.9. The highest BCUT2D eigenvalue weighted by molar-refractivity contribution is 5.70. The Morgan fingerprint density at radius 2 is 0.797 bits per heavy atom. The van der Waals surface area contributed by atoms with Crippen LogP contribution in [0, 0.1) is 0 Å². The molecule has 2 rings (SSSR count). The van der Waals surface area contributed by atoms with E-state index in [1.165, 1.54) is 64.2 Å². The van der Waals surface area contributed by atoms with Crippen LogP contribution in [0.2, 0.25) is 0 Å². The Morgan fingerprint density at radius 3 is 1.20 bits per heavy atom. The van der Waals surface area contributed by atoms with Gasteiger partial charge in [-0.25, -0.2) is 0 Å². The van der Waals surface area contributed by atoms with Gasteiger partial charge in [0.15, 0.2) is 0 Å². The van der Waals surface area contributed by atoms with Gasteiger partial charge in [0.05, 0.1) is 0 Å². The van der Waals surface area contributed by atoms with Crippen molar-refractivity contribution < 1.29 is 28.6 Å². The molecular weight excluding hydrogens is 795 g/mol. The topological polar surface area (TPSA) is 82.1 Å². The van der Waals surface area contributed by atoms with E-state index in [1.54, 1.807) is 0 Å². The van der Waals surface area contributed by atoms with Crippen LogP contribution in [-0.4, -0.2) is 49.6 Å². The molecule has 0 aliphatic carbocycles. The SMILES string of the molecule is CN(C)CCCC(=O)OC(CCCCCCCCC=CCC=CCCCCC(=O)OCc1ccccc1)CCCCCCCCC=CCC=CCCCCC(=O)OCc1ccccc1. The van der Waals surface area contributed by atoms with E-state index in [4.69, 9.17) is 14.2 Å². The van der Waals surface area contributed by atoms with Crippen molar-refractivity contribution in [1.82, 2.24) is 4.90 Å². The maximum Gasteiger partial charge on any atom is 0.306 e. The second-order valence-corrected chi connectivity index (χ2v) is 17.6. The second-order valence-electron chi connectivity index (χ2n) is 17.6. The summed E-state index contributed by atoms with van der Waals surface area (Å²) in [4.78, 5) is 38.6. The quantitative estimate of drug-likeness (QED) is 0.0285. The van der Waals surface area contributed by atoms with Crippen molar-refractivity contribution in [2.45, 2.75) is 199 Å². The molecule has 0 heterocycles. The minimum atomic E-state index is -0.115. The lowest BCUT2D eigenvalue weighted by Crippen LogP contribution is -2.20. The van der Waals surface area contributed by atoms with Crippen LogP contribution in [0.25, 0.3) is 0 Å². The van der Waals surface area contributed by atoms with E-state index in [2.05, 4.69) is 53.5 Å². The normalized spacial score (nSPS) is 12.3. The Labute approximate surface area is 390 Å². The zero-order valence-corrected chi connectivity index (χ0v) is 40.3. The number of unbranched alkanes of at least 4 members (excludes halogenated alkanes) is 16. The summed E-state index contributed by atoms with van der Waals surface area (Å²) < 4.78 is 16.7. The smallest absolute Gasteiger partial charge is 0.306 e. The maximum absolute atomic E-state index is 12.6. The summed E-state index contributed by atoms with van der Waals surface area (Å²) in [6.45, 7) is 1.63. The average molecular weight is 882 g/mol. The van der Waals surface area contributed by atoms with Crippen molar-refractivity contribution in [3.05, 3.63) is 120 Å². The van der Waals surface area contributed by atoms with E-state index in [0.717, 1.165) is 114 Å². The minimum absolute atomic E-state index is 0.0261. The van der Waals surface area contributed by atoms with Crippen LogP contribution >= 0.6 is 0 Å². The fourth-order valence-corrected chi connectivity index (χ4v) is 7.43. The number of nitrogens with zero attached hydrogens (tertiary/aromatic N) is 1. The molecule has 0 aliphatic rings. The fraction of sp³-hybridized carbons (Fsp3) is 0.596. The van der Waals surface area contributed by atoms with Crippen LogP contribution in [0.15, 0.2) is 109 Å². The Morgan fingerprint density at radius 1 is 0.438 bits per heavy atom. The van der Waals surface area contributed by atoms with Gasteiger partial charge in [-0.2, -0.15) is 0 Å². The van der Waals surface area contributed by atoms with Crippen molar-refractivity contribution in [3.8, 4) is 0 Å². The fourth-order valence-electron chi connectivity index (χ4n) is 7.43. The van der Waals surface area contributed by atoms with Crippen LogP contribution in [0.3, 0.4) is 0 Å². The van der Waals surface area contributed by atoms with Crippen molar-refractivity contribution in [3.63, 3.8) is 0 Å². The molecule has 2 aromatic carbocycles. The Kier molecular flexibility index (Phi) is 36.2. The van der Waals surface area contributed by atoms with E-state index in [-0.39, 0.29) is 24.0 Å². The molecule has 356 valence electrons. The molecule has 0 radical (unpaired) electrons. The molecule has 0 N–H and O–H groups in total. The summed E-state index contributed by atoms with van der Waals surface area (Å²) in [5.41, 5.74) is 2.05. The van der Waals surface area contributed by atoms with Crippen molar-refractivity contribution in [2.75, 3.05) is 20.6 Å². The largest absolute Gasteiger partial charge is 0.462 e. The number of carbonyl (C=O) groups excluding carboxylic acids is 3. The average Bonchev–Trinajstić information content (AvgIpc) is 3.30. The highest BCUT2D eigenvalue weighted by Crippen LogP contribution is 2.19. The number of esters is 3. The molecule has 0 atom stereocenters. The lowest BCUT2D eigenvalue weighted by atomic mass is 10.0. The van der Waals surface area contributed by atoms with Crippen molar-refractivity contribution in [1.29, 1.82) is 0 Å². The summed E-state index contributed by atoms with van der Waals surface area (Å²) in [6, 6.07) is 19.6. The molecule has 0 bridgehead atoms. The summed E-state index contributed by atoms with van der Waals surface area (Å²) >= 11 is 0. The zero-order valence-electron chi connectivity index (χ0n) is 40.3. The first-order valence-corrected chi connectivity index (χ1v) is 25.3. The summed E-state index contributed by atoms with van der Waals surface area (Å²) in [6.07, 6.45) is 47.2. The van der Waals surface area contributed by atoms with Crippen LogP contribution in [0.1, 0.15) is 191 Å². The van der Waals surface area contributed by atoms with E-state index in [1.807, 2.05) is 74.8 Å². The van der Waals surface area contributed by atoms with Gasteiger partial charge >= 0.3 is 17.9 Å². The third-order valence-electron chi connectivity index (χ3n) is 11.3. The Bertz CT molecular complexity index is 1430. The Balaban J connectivity index is 1.43. The zero-order chi connectivity index (χ0) is 45.8. The van der Waals surface area contributed by atoms with Gasteiger partial charge in [0, 0.05) is 19.3 Å². The lowest BCUT2D eigenvalue weighted by Gasteiger charge is -2.18. The number of rotatable bonds is 41. The van der Waals surface area contributed by atoms with E-state index < -0.39 is 0 Å². The molecule has 0 saturated carbocycles. The molecule has 7 heteroatoms. The molecular formula is C57H87NO6. The predicted octanol–water partition coefficient (Wildman–Crippen LogP) is 15.1. The summed E-state index contributed by atoms with van der Waals surface area (Å²) in [7, 11) is 4.09. The number of carbonyl (C=O) groups is 3. The highest BCUT2D eigenvalue weighted by atomic mass is 16.5. The van der Waals surface area contributed by atoms with Gasteiger partial charge in [0.25, 0.3) is 0 Å². The lowest BCUT2D eigenvalue weighted by molar-refractivity contribution is -0.150. The number of allylic oxidation sites excluding steroid dienone is 8. The molecule has 0 unspecified atom stereocenters. The molecule has 0 fully saturated rings. The van der Waals surface area contributed by atoms with Gasteiger partial charge in [-0.3, -0.25) is 14.4 Å². The van der Waals surface area contributed by atoms with Gasteiger partial charge in [-0.05, 0) is 141 Å². The molecule has 64 heavy (non-hydrogen) atoms. The van der Waals surface area contributed by atoms with Crippen LogP contribution < -0.4 is 0 Å². The molecule has 0 saturated heterocycles. The highest BCUT2D eigenvalue weighted by Gasteiger charge is 2.14.